The molecule has 0 aliphatic carbocycles. The van der Waals surface area contributed by atoms with Crippen LogP contribution in [0.5, 0.6) is 11.5 Å². The molecule has 0 amide bonds. The van der Waals surface area contributed by atoms with E-state index in [-0.39, 0.29) is 47.4 Å². The summed E-state index contributed by atoms with van der Waals surface area (Å²) in [6.07, 6.45) is 1.06. The van der Waals surface area contributed by atoms with Gasteiger partial charge < -0.3 is 24.7 Å². The Morgan fingerprint density at radius 3 is 2.58 bits per heavy atom. The Balaban J connectivity index is 1.76. The Hall–Kier alpha value is -3.91. The Labute approximate surface area is 188 Å². The molecule has 1 aromatic heterocycles. The second kappa shape index (κ2) is 9.30. The van der Waals surface area contributed by atoms with Crippen LogP contribution in [0.15, 0.2) is 59.2 Å². The van der Waals surface area contributed by atoms with Crippen molar-refractivity contribution in [2.24, 2.45) is 5.73 Å². The Kier molecular flexibility index (Phi) is 6.28. The number of halogens is 2. The highest BCUT2D eigenvalue weighted by atomic mass is 19.1. The van der Waals surface area contributed by atoms with Gasteiger partial charge in [-0.1, -0.05) is 24.3 Å². The van der Waals surface area contributed by atoms with Crippen LogP contribution in [-0.2, 0) is 24.4 Å². The normalized spacial score (nSPS) is 11.0. The summed E-state index contributed by atoms with van der Waals surface area (Å²) in [4.78, 5) is 11.2. The summed E-state index contributed by atoms with van der Waals surface area (Å²) in [7, 11) is 1.47. The average Bonchev–Trinajstić information content (AvgIpc) is 3.30. The zero-order valence-corrected chi connectivity index (χ0v) is 17.7. The Morgan fingerprint density at radius 2 is 1.85 bits per heavy atom. The van der Waals surface area contributed by atoms with E-state index in [1.54, 1.807) is 30.3 Å². The van der Waals surface area contributed by atoms with Crippen molar-refractivity contribution < 1.29 is 32.6 Å². The molecule has 0 atom stereocenters. The van der Waals surface area contributed by atoms with Crippen molar-refractivity contribution in [1.29, 1.82) is 0 Å². The minimum Gasteiger partial charge on any atom is -0.497 e. The predicted octanol–water partition coefficient (Wildman–Crippen LogP) is 5.05. The van der Waals surface area contributed by atoms with Crippen LogP contribution in [0.25, 0.3) is 22.1 Å². The number of aliphatic carboxylic acids is 1. The van der Waals surface area contributed by atoms with Crippen molar-refractivity contribution in [2.45, 2.75) is 19.6 Å². The third kappa shape index (κ3) is 4.38. The monoisotopic (exact) mass is 453 g/mol. The molecule has 0 aliphatic rings. The third-order valence-electron chi connectivity index (χ3n) is 5.33. The van der Waals surface area contributed by atoms with Gasteiger partial charge in [-0.2, -0.15) is 0 Å². The number of fused-ring (bicyclic) bond motifs is 1. The van der Waals surface area contributed by atoms with Gasteiger partial charge in [0.05, 0.1) is 25.2 Å². The maximum absolute atomic E-state index is 15.2. The maximum atomic E-state index is 15.2. The van der Waals surface area contributed by atoms with Crippen LogP contribution in [-0.4, -0.2) is 18.2 Å². The third-order valence-corrected chi connectivity index (χ3v) is 5.33. The summed E-state index contributed by atoms with van der Waals surface area (Å²) in [5.74, 6) is -1.39. The van der Waals surface area contributed by atoms with Gasteiger partial charge in [0.25, 0.3) is 0 Å². The summed E-state index contributed by atoms with van der Waals surface area (Å²) >= 11 is 0. The highest BCUT2D eigenvalue weighted by molar-refractivity contribution is 5.94. The number of hydrogen-bond acceptors (Lipinski definition) is 5. The molecule has 4 aromatic rings. The number of methoxy groups -OCH3 is 1. The van der Waals surface area contributed by atoms with Crippen molar-refractivity contribution in [3.05, 3.63) is 83.1 Å². The van der Waals surface area contributed by atoms with E-state index in [2.05, 4.69) is 0 Å². The fraction of sp³-hybridized carbons (Fsp3) is 0.160. The lowest BCUT2D eigenvalue weighted by atomic mass is 9.97. The van der Waals surface area contributed by atoms with Gasteiger partial charge in [0.15, 0.2) is 0 Å². The number of rotatable bonds is 8. The molecule has 1 heterocycles. The summed E-state index contributed by atoms with van der Waals surface area (Å²) in [6.45, 7) is -0.210. The van der Waals surface area contributed by atoms with Gasteiger partial charge in [0.1, 0.15) is 35.3 Å². The standard InChI is InChI=1S/C25H21F2NO5/c1-31-17-6-5-14(10-22(29)30)21(11-17)33-13-16-9-20(25-19(24(16)27)7-8-32-25)18-4-2-3-15(12-28)23(18)26/h2-9,11H,10,12-13,28H2,1H3,(H,29,30). The minimum atomic E-state index is -1.03. The van der Waals surface area contributed by atoms with Gasteiger partial charge in [-0.25, -0.2) is 8.78 Å². The van der Waals surface area contributed by atoms with Crippen molar-refractivity contribution in [2.75, 3.05) is 7.11 Å². The zero-order chi connectivity index (χ0) is 23.5. The highest BCUT2D eigenvalue weighted by Crippen LogP contribution is 2.36. The van der Waals surface area contributed by atoms with Crippen molar-refractivity contribution in [3.63, 3.8) is 0 Å². The molecule has 0 aliphatic heterocycles. The molecule has 3 aromatic carbocycles. The largest absolute Gasteiger partial charge is 0.497 e. The first-order valence-electron chi connectivity index (χ1n) is 10.1. The first kappa shape index (κ1) is 22.3. The van der Waals surface area contributed by atoms with Crippen LogP contribution in [0.2, 0.25) is 0 Å². The summed E-state index contributed by atoms with van der Waals surface area (Å²) in [5.41, 5.74) is 7.32. The van der Waals surface area contributed by atoms with Crippen molar-refractivity contribution in [3.8, 4) is 22.6 Å². The highest BCUT2D eigenvalue weighted by Gasteiger charge is 2.20. The molecule has 0 unspecified atom stereocenters. The summed E-state index contributed by atoms with van der Waals surface area (Å²) in [6, 6.07) is 12.5. The van der Waals surface area contributed by atoms with E-state index in [9.17, 15) is 9.90 Å². The fourth-order valence-corrected chi connectivity index (χ4v) is 3.68. The smallest absolute Gasteiger partial charge is 0.307 e. The first-order chi connectivity index (χ1) is 15.9. The molecule has 0 fully saturated rings. The summed E-state index contributed by atoms with van der Waals surface area (Å²) < 4.78 is 46.7. The molecular weight excluding hydrogens is 432 g/mol. The molecule has 170 valence electrons. The van der Waals surface area contributed by atoms with E-state index in [4.69, 9.17) is 19.6 Å². The van der Waals surface area contributed by atoms with Crippen LogP contribution < -0.4 is 15.2 Å². The second-order valence-electron chi connectivity index (χ2n) is 7.38. The lowest BCUT2D eigenvalue weighted by molar-refractivity contribution is -0.136. The van der Waals surface area contributed by atoms with Crippen molar-refractivity contribution in [1.82, 2.24) is 0 Å². The summed E-state index contributed by atoms with van der Waals surface area (Å²) in [5, 5.41) is 9.35. The predicted molar refractivity (Wildman–Crippen MR) is 118 cm³/mol. The van der Waals surface area contributed by atoms with Gasteiger partial charge in [-0.3, -0.25) is 4.79 Å². The number of nitrogens with two attached hydrogens (primary N) is 1. The van der Waals surface area contributed by atoms with Gasteiger partial charge in [-0.05, 0) is 18.2 Å². The van der Waals surface area contributed by atoms with Gasteiger partial charge in [0.2, 0.25) is 0 Å². The van der Waals surface area contributed by atoms with E-state index >= 15 is 8.78 Å². The number of carboxylic acid groups (broad SMARTS) is 1. The average molecular weight is 453 g/mol. The molecular formula is C25H21F2NO5. The molecule has 3 N–H and O–H groups in total. The van der Waals surface area contributed by atoms with E-state index < -0.39 is 17.6 Å². The van der Waals surface area contributed by atoms with Crippen LogP contribution in [0.3, 0.4) is 0 Å². The number of carbonyl (C=O) groups is 1. The quantitative estimate of drug-likeness (QED) is 0.388. The Bertz CT molecular complexity index is 1330. The Morgan fingerprint density at radius 1 is 1.03 bits per heavy atom. The molecule has 0 radical (unpaired) electrons. The number of carboxylic acids is 1. The number of furan rings is 1. The molecule has 4 rings (SSSR count). The van der Waals surface area contributed by atoms with E-state index in [0.717, 1.165) is 0 Å². The number of benzene rings is 3. The number of ether oxygens (including phenoxy) is 2. The fourth-order valence-electron chi connectivity index (χ4n) is 3.68. The topological polar surface area (TPSA) is 94.9 Å². The van der Waals surface area contributed by atoms with Gasteiger partial charge in [-0.15, -0.1) is 0 Å². The van der Waals surface area contributed by atoms with Gasteiger partial charge in [0, 0.05) is 40.4 Å². The molecule has 8 heteroatoms. The minimum absolute atomic E-state index is 0.0142. The SMILES string of the molecule is COc1ccc(CC(=O)O)c(OCc2cc(-c3cccc(CN)c3F)c3occc3c2F)c1. The van der Waals surface area contributed by atoms with Crippen LogP contribution in [0.4, 0.5) is 8.78 Å². The van der Waals surface area contributed by atoms with E-state index in [1.807, 2.05) is 0 Å². The lowest BCUT2D eigenvalue weighted by Crippen LogP contribution is -2.06. The molecule has 0 saturated carbocycles. The first-order valence-corrected chi connectivity index (χ1v) is 10.1. The van der Waals surface area contributed by atoms with Crippen LogP contribution in [0.1, 0.15) is 16.7 Å². The van der Waals surface area contributed by atoms with Crippen LogP contribution in [0, 0.1) is 11.6 Å². The second-order valence-corrected chi connectivity index (χ2v) is 7.38. The molecule has 6 nitrogen and oxygen atoms in total. The van der Waals surface area contributed by atoms with Crippen LogP contribution >= 0.6 is 0 Å². The molecule has 0 saturated heterocycles. The van der Waals surface area contributed by atoms with E-state index in [0.29, 0.717) is 22.4 Å². The molecule has 0 spiro atoms. The molecule has 33 heavy (non-hydrogen) atoms. The zero-order valence-electron chi connectivity index (χ0n) is 17.7. The van der Waals surface area contributed by atoms with E-state index in [1.165, 1.54) is 31.6 Å². The molecule has 0 bridgehead atoms. The lowest BCUT2D eigenvalue weighted by Gasteiger charge is -2.14. The van der Waals surface area contributed by atoms with Gasteiger partial charge >= 0.3 is 5.97 Å². The van der Waals surface area contributed by atoms with Crippen molar-refractivity contribution >= 4 is 16.9 Å². The maximum Gasteiger partial charge on any atom is 0.307 e. The number of hydrogen-bond donors (Lipinski definition) is 2.